The molecule has 0 aliphatic carbocycles. The van der Waals surface area contributed by atoms with E-state index in [-0.39, 0.29) is 45.3 Å². The Kier molecular flexibility index (Phi) is 7.67. The van der Waals surface area contributed by atoms with Gasteiger partial charge < -0.3 is 11.1 Å². The van der Waals surface area contributed by atoms with Gasteiger partial charge >= 0.3 is 19.5 Å². The zero-order chi connectivity index (χ0) is 19.5. The molecule has 1 unspecified atom stereocenters. The molecule has 0 fully saturated rings. The minimum absolute atomic E-state index is 0. The summed E-state index contributed by atoms with van der Waals surface area (Å²) in [7, 11) is -7.60. The molecule has 2 rings (SSSR count). The molecule has 145 valence electrons. The molecule has 7 heteroatoms. The van der Waals surface area contributed by atoms with Crippen LogP contribution >= 0.6 is 0 Å². The predicted molar refractivity (Wildman–Crippen MR) is 104 cm³/mol. The van der Waals surface area contributed by atoms with Gasteiger partial charge in [-0.25, -0.2) is 16.8 Å². The van der Waals surface area contributed by atoms with E-state index in [9.17, 15) is 16.8 Å². The fourth-order valence-corrected chi connectivity index (χ4v) is 5.05. The molecule has 2 aromatic rings. The maximum atomic E-state index is 12.7. The van der Waals surface area contributed by atoms with Gasteiger partial charge in [-0.3, -0.25) is 13.8 Å². The SMILES string of the molecule is C=C(/C([CH2-])=C(/[CH2-])C(C)S(=O)(=O)c1ccccc1)S(=O)(=O)c1ccccc1.[Rh+2]. The molecule has 27 heavy (non-hydrogen) atoms. The Bertz CT molecular complexity index is 1040. The molecule has 0 saturated carbocycles. The van der Waals surface area contributed by atoms with Gasteiger partial charge in [0.2, 0.25) is 0 Å². The van der Waals surface area contributed by atoms with Crippen molar-refractivity contribution in [2.45, 2.75) is 22.0 Å². The van der Waals surface area contributed by atoms with Gasteiger partial charge in [0.25, 0.3) is 0 Å². The molecule has 0 amide bonds. The Balaban J connectivity index is 0.00000364. The molecule has 0 heterocycles. The van der Waals surface area contributed by atoms with Crippen molar-refractivity contribution in [2.24, 2.45) is 0 Å². The molecule has 0 N–H and O–H groups in total. The van der Waals surface area contributed by atoms with Crippen LogP contribution in [0.2, 0.25) is 0 Å². The van der Waals surface area contributed by atoms with E-state index in [4.69, 9.17) is 0 Å². The number of hydrogen-bond acceptors (Lipinski definition) is 4. The van der Waals surface area contributed by atoms with Crippen LogP contribution in [0.1, 0.15) is 6.92 Å². The summed E-state index contributed by atoms with van der Waals surface area (Å²) >= 11 is 0. The Labute approximate surface area is 174 Å². The van der Waals surface area contributed by atoms with Crippen LogP contribution in [0.25, 0.3) is 0 Å². The smallest absolute Gasteiger partial charge is 0.326 e. The number of benzene rings is 2. The molecule has 1 atom stereocenters. The zero-order valence-electron chi connectivity index (χ0n) is 14.8. The van der Waals surface area contributed by atoms with Crippen molar-refractivity contribution < 1.29 is 36.3 Å². The van der Waals surface area contributed by atoms with Crippen LogP contribution in [-0.2, 0) is 39.2 Å². The average molecular weight is 491 g/mol. The summed E-state index contributed by atoms with van der Waals surface area (Å²) in [6, 6.07) is 15.7. The molecule has 2 aromatic carbocycles. The van der Waals surface area contributed by atoms with Gasteiger partial charge in [-0.2, -0.15) is 6.58 Å². The number of allylic oxidation sites excluding steroid dienone is 1. The second-order valence-electron chi connectivity index (χ2n) is 5.74. The zero-order valence-corrected chi connectivity index (χ0v) is 18.0. The minimum atomic E-state index is -3.88. The van der Waals surface area contributed by atoms with Crippen molar-refractivity contribution in [1.82, 2.24) is 0 Å². The van der Waals surface area contributed by atoms with Gasteiger partial charge in [-0.15, -0.1) is 4.91 Å². The van der Waals surface area contributed by atoms with E-state index in [0.29, 0.717) is 0 Å². The standard InChI is InChI=1S/C20H20O4S2.Rh/c1-15(17(3)25(21,22)19-11-7-5-8-12-19)16(2)18(4)26(23,24)20-13-9-6-10-14-20;/h5-14,18H,1-3H2,4H3;/q-2;+2/b16-15-;. The summed E-state index contributed by atoms with van der Waals surface area (Å²) in [6.07, 6.45) is 0. The van der Waals surface area contributed by atoms with E-state index in [1.807, 2.05) is 0 Å². The maximum absolute atomic E-state index is 12.7. The number of sulfone groups is 2. The first-order valence-electron chi connectivity index (χ1n) is 7.76. The van der Waals surface area contributed by atoms with Crippen LogP contribution in [0.15, 0.2) is 93.1 Å². The van der Waals surface area contributed by atoms with Crippen molar-refractivity contribution in [1.29, 1.82) is 0 Å². The van der Waals surface area contributed by atoms with E-state index >= 15 is 0 Å². The van der Waals surface area contributed by atoms with Gasteiger partial charge in [-0.05, 0) is 24.3 Å². The summed E-state index contributed by atoms with van der Waals surface area (Å²) in [5, 5.41) is -1.04. The van der Waals surface area contributed by atoms with E-state index in [1.54, 1.807) is 36.4 Å². The van der Waals surface area contributed by atoms with E-state index in [2.05, 4.69) is 20.4 Å². The van der Waals surface area contributed by atoms with E-state index < -0.39 is 24.9 Å². The molecule has 0 aromatic heterocycles. The summed E-state index contributed by atoms with van der Waals surface area (Å²) in [5.41, 5.74) is 0.0965. The summed E-state index contributed by atoms with van der Waals surface area (Å²) in [4.78, 5) is -0.0562. The average Bonchev–Trinajstić information content (AvgIpc) is 2.66. The van der Waals surface area contributed by atoms with Gasteiger partial charge in [-0.1, -0.05) is 43.3 Å². The third-order valence-corrected chi connectivity index (χ3v) is 8.06. The monoisotopic (exact) mass is 491 g/mol. The van der Waals surface area contributed by atoms with Crippen molar-refractivity contribution in [2.75, 3.05) is 0 Å². The van der Waals surface area contributed by atoms with Crippen LogP contribution in [0.5, 0.6) is 0 Å². The largest absolute Gasteiger partial charge is 2.00 e. The third kappa shape index (κ3) is 4.73. The Morgan fingerprint density at radius 1 is 0.852 bits per heavy atom. The quantitative estimate of drug-likeness (QED) is 0.350. The first-order valence-corrected chi connectivity index (χ1v) is 10.8. The molecule has 4 nitrogen and oxygen atoms in total. The summed E-state index contributed by atoms with van der Waals surface area (Å²) in [5.74, 6) is 0. The minimum Gasteiger partial charge on any atom is -0.326 e. The van der Waals surface area contributed by atoms with Gasteiger partial charge in [0, 0.05) is 5.25 Å². The molecule has 0 bridgehead atoms. The number of rotatable bonds is 6. The number of hydrogen-bond donors (Lipinski definition) is 0. The Morgan fingerprint density at radius 2 is 1.26 bits per heavy atom. The van der Waals surface area contributed by atoms with Crippen molar-refractivity contribution >= 4 is 19.7 Å². The van der Waals surface area contributed by atoms with Gasteiger partial charge in [0.1, 0.15) is 9.84 Å². The molecular weight excluding hydrogens is 471 g/mol. The van der Waals surface area contributed by atoms with Crippen LogP contribution in [-0.4, -0.2) is 22.1 Å². The normalized spacial score (nSPS) is 13.8. The molecule has 0 aliphatic heterocycles. The molecule has 0 saturated heterocycles. The molecule has 0 aliphatic rings. The van der Waals surface area contributed by atoms with Gasteiger partial charge in [0.15, 0.2) is 9.84 Å². The molecular formula is C20H20O4RhS2. The van der Waals surface area contributed by atoms with Crippen molar-refractivity contribution in [3.63, 3.8) is 0 Å². The summed E-state index contributed by atoms with van der Waals surface area (Å²) < 4.78 is 50.8. The predicted octanol–water partition coefficient (Wildman–Crippen LogP) is 3.80. The Hall–Kier alpha value is -1.82. The fourth-order valence-electron chi connectivity index (χ4n) is 2.33. The van der Waals surface area contributed by atoms with Gasteiger partial charge in [0.05, 0.1) is 9.79 Å². The molecule has 0 spiro atoms. The fraction of sp³-hybridized carbons (Fsp3) is 0.100. The second kappa shape index (κ2) is 8.92. The van der Waals surface area contributed by atoms with Crippen LogP contribution in [0, 0.1) is 13.8 Å². The molecule has 1 radical (unpaired) electrons. The second-order valence-corrected chi connectivity index (χ2v) is 9.98. The summed E-state index contributed by atoms with van der Waals surface area (Å²) in [6.45, 7) is 12.6. The van der Waals surface area contributed by atoms with Crippen LogP contribution in [0.4, 0.5) is 0 Å². The van der Waals surface area contributed by atoms with Crippen LogP contribution < -0.4 is 0 Å². The first-order chi connectivity index (χ1) is 12.1. The van der Waals surface area contributed by atoms with Crippen LogP contribution in [0.3, 0.4) is 0 Å². The van der Waals surface area contributed by atoms with E-state index in [0.717, 1.165) is 0 Å². The third-order valence-electron chi connectivity index (χ3n) is 4.13. The first kappa shape index (κ1) is 23.2. The maximum Gasteiger partial charge on any atom is 2.00 e. The van der Waals surface area contributed by atoms with Crippen molar-refractivity contribution in [3.8, 4) is 0 Å². The topological polar surface area (TPSA) is 68.3 Å². The van der Waals surface area contributed by atoms with Crippen molar-refractivity contribution in [3.05, 3.63) is 97.1 Å². The Morgan fingerprint density at radius 3 is 1.70 bits per heavy atom. The van der Waals surface area contributed by atoms with E-state index in [1.165, 1.54) is 31.2 Å².